The summed E-state index contributed by atoms with van der Waals surface area (Å²) in [5, 5.41) is 10.0. The highest BCUT2D eigenvalue weighted by molar-refractivity contribution is 7.99. The molecule has 2 aromatic rings. The first-order valence-corrected chi connectivity index (χ1v) is 6.66. The molecule has 2 aromatic carbocycles. The van der Waals surface area contributed by atoms with E-state index in [0.717, 1.165) is 4.90 Å². The minimum atomic E-state index is -0.662. The summed E-state index contributed by atoms with van der Waals surface area (Å²) in [6.45, 7) is 1.61. The van der Waals surface area contributed by atoms with Gasteiger partial charge < -0.3 is 5.11 Å². The topological polar surface area (TPSA) is 20.2 Å². The molecule has 0 fully saturated rings. The van der Waals surface area contributed by atoms with Crippen LogP contribution in [0.15, 0.2) is 52.3 Å². The van der Waals surface area contributed by atoms with E-state index in [1.54, 1.807) is 31.2 Å². The zero-order valence-electron chi connectivity index (χ0n) is 9.73. The standard InChI is InChI=1S/C14H12ClFOS/c1-9(17)10-5-6-14(13(16)7-10)18-12-4-2-3-11(15)8-12/h2-9,17H,1H3/t9-/m0/s1. The predicted molar refractivity (Wildman–Crippen MR) is 72.6 cm³/mol. The Hall–Kier alpha value is -1.03. The molecular weight excluding hydrogens is 271 g/mol. The average Bonchev–Trinajstić information content (AvgIpc) is 2.31. The largest absolute Gasteiger partial charge is 0.389 e. The second kappa shape index (κ2) is 5.74. The minimum absolute atomic E-state index is 0.335. The van der Waals surface area contributed by atoms with Gasteiger partial charge in [-0.3, -0.25) is 0 Å². The normalized spacial score (nSPS) is 12.4. The van der Waals surface area contributed by atoms with Crippen molar-refractivity contribution in [2.75, 3.05) is 0 Å². The van der Waals surface area contributed by atoms with Crippen molar-refractivity contribution >= 4 is 23.4 Å². The number of halogens is 2. The lowest BCUT2D eigenvalue weighted by Gasteiger charge is -2.08. The van der Waals surface area contributed by atoms with Crippen LogP contribution in [0.4, 0.5) is 4.39 Å². The number of aliphatic hydroxyl groups excluding tert-OH is 1. The van der Waals surface area contributed by atoms with Crippen molar-refractivity contribution in [1.29, 1.82) is 0 Å². The third kappa shape index (κ3) is 3.25. The first-order valence-electron chi connectivity index (χ1n) is 5.47. The number of hydrogen-bond donors (Lipinski definition) is 1. The second-order valence-corrected chi connectivity index (χ2v) is 5.48. The molecule has 0 unspecified atom stereocenters. The van der Waals surface area contributed by atoms with Gasteiger partial charge in [0.15, 0.2) is 0 Å². The quantitative estimate of drug-likeness (QED) is 0.882. The van der Waals surface area contributed by atoms with Crippen molar-refractivity contribution in [3.63, 3.8) is 0 Å². The Bertz CT molecular complexity index is 557. The number of benzene rings is 2. The number of hydrogen-bond acceptors (Lipinski definition) is 2. The number of aliphatic hydroxyl groups is 1. The molecule has 1 atom stereocenters. The summed E-state index contributed by atoms with van der Waals surface area (Å²) < 4.78 is 13.8. The first-order chi connectivity index (χ1) is 8.56. The van der Waals surface area contributed by atoms with Gasteiger partial charge >= 0.3 is 0 Å². The maximum Gasteiger partial charge on any atom is 0.137 e. The van der Waals surface area contributed by atoms with Crippen molar-refractivity contribution in [2.24, 2.45) is 0 Å². The van der Waals surface area contributed by atoms with Gasteiger partial charge in [0, 0.05) is 14.8 Å². The van der Waals surface area contributed by atoms with E-state index in [0.29, 0.717) is 15.5 Å². The summed E-state index contributed by atoms with van der Waals surface area (Å²) in [7, 11) is 0. The van der Waals surface area contributed by atoms with E-state index in [1.807, 2.05) is 12.1 Å². The molecule has 2 rings (SSSR count). The molecule has 0 aliphatic carbocycles. The maximum absolute atomic E-state index is 13.8. The Morgan fingerprint density at radius 1 is 1.22 bits per heavy atom. The zero-order valence-corrected chi connectivity index (χ0v) is 11.3. The fourth-order valence-corrected chi connectivity index (χ4v) is 2.65. The summed E-state index contributed by atoms with van der Waals surface area (Å²) >= 11 is 7.19. The van der Waals surface area contributed by atoms with Crippen molar-refractivity contribution in [3.05, 3.63) is 58.9 Å². The van der Waals surface area contributed by atoms with Crippen LogP contribution in [0.1, 0.15) is 18.6 Å². The molecule has 0 amide bonds. The van der Waals surface area contributed by atoms with Crippen LogP contribution in [0, 0.1) is 5.82 Å². The molecule has 4 heteroatoms. The molecule has 18 heavy (non-hydrogen) atoms. The van der Waals surface area contributed by atoms with Crippen LogP contribution in [0.3, 0.4) is 0 Å². The van der Waals surface area contributed by atoms with E-state index in [-0.39, 0.29) is 5.82 Å². The first kappa shape index (κ1) is 13.4. The smallest absolute Gasteiger partial charge is 0.137 e. The van der Waals surface area contributed by atoms with Gasteiger partial charge in [-0.2, -0.15) is 0 Å². The molecule has 0 radical (unpaired) electrons. The highest BCUT2D eigenvalue weighted by Gasteiger charge is 2.08. The van der Waals surface area contributed by atoms with Gasteiger partial charge in [-0.25, -0.2) is 4.39 Å². The van der Waals surface area contributed by atoms with Crippen LogP contribution in [0.2, 0.25) is 5.02 Å². The maximum atomic E-state index is 13.8. The van der Waals surface area contributed by atoms with Crippen LogP contribution in [-0.4, -0.2) is 5.11 Å². The van der Waals surface area contributed by atoms with Gasteiger partial charge in [0.1, 0.15) is 5.82 Å². The SMILES string of the molecule is C[C@H](O)c1ccc(Sc2cccc(Cl)c2)c(F)c1. The average molecular weight is 283 g/mol. The Balaban J connectivity index is 2.24. The monoisotopic (exact) mass is 282 g/mol. The lowest BCUT2D eigenvalue weighted by Crippen LogP contribution is -1.92. The van der Waals surface area contributed by atoms with Gasteiger partial charge in [-0.1, -0.05) is 35.5 Å². The fourth-order valence-electron chi connectivity index (χ4n) is 1.52. The molecule has 94 valence electrons. The van der Waals surface area contributed by atoms with Crippen LogP contribution < -0.4 is 0 Å². The molecule has 0 bridgehead atoms. The summed E-state index contributed by atoms with van der Waals surface area (Å²) in [6, 6.07) is 12.0. The van der Waals surface area contributed by atoms with Crippen molar-refractivity contribution < 1.29 is 9.50 Å². The van der Waals surface area contributed by atoms with Gasteiger partial charge in [-0.05, 0) is 42.8 Å². The van der Waals surface area contributed by atoms with E-state index >= 15 is 0 Å². The Morgan fingerprint density at radius 2 is 2.00 bits per heavy atom. The number of rotatable bonds is 3. The fraction of sp³-hybridized carbons (Fsp3) is 0.143. The molecule has 0 aromatic heterocycles. The molecule has 0 heterocycles. The van der Waals surface area contributed by atoms with Crippen molar-refractivity contribution in [1.82, 2.24) is 0 Å². The third-order valence-corrected chi connectivity index (χ3v) is 3.74. The second-order valence-electron chi connectivity index (χ2n) is 3.93. The van der Waals surface area contributed by atoms with E-state index in [4.69, 9.17) is 11.6 Å². The molecule has 1 nitrogen and oxygen atoms in total. The molecule has 0 spiro atoms. The highest BCUT2D eigenvalue weighted by atomic mass is 35.5. The molecule has 0 saturated heterocycles. The Kier molecular flexibility index (Phi) is 4.27. The summed E-state index contributed by atoms with van der Waals surface area (Å²) in [6.07, 6.45) is -0.662. The molecular formula is C14H12ClFOS. The lowest BCUT2D eigenvalue weighted by molar-refractivity contribution is 0.198. The Labute approximate surface area is 115 Å². The molecule has 0 saturated carbocycles. The highest BCUT2D eigenvalue weighted by Crippen LogP contribution is 2.32. The van der Waals surface area contributed by atoms with E-state index in [1.165, 1.54) is 17.8 Å². The third-order valence-electron chi connectivity index (χ3n) is 2.46. The Morgan fingerprint density at radius 3 is 2.61 bits per heavy atom. The van der Waals surface area contributed by atoms with Crippen LogP contribution in [0.5, 0.6) is 0 Å². The van der Waals surface area contributed by atoms with Gasteiger partial charge in [0.05, 0.1) is 6.10 Å². The minimum Gasteiger partial charge on any atom is -0.389 e. The van der Waals surface area contributed by atoms with E-state index in [2.05, 4.69) is 0 Å². The van der Waals surface area contributed by atoms with Gasteiger partial charge in [0.2, 0.25) is 0 Å². The molecule has 0 aliphatic heterocycles. The van der Waals surface area contributed by atoms with Crippen molar-refractivity contribution in [2.45, 2.75) is 22.8 Å². The molecule has 0 aliphatic rings. The lowest BCUT2D eigenvalue weighted by atomic mass is 10.1. The zero-order chi connectivity index (χ0) is 13.1. The van der Waals surface area contributed by atoms with Gasteiger partial charge in [0.25, 0.3) is 0 Å². The van der Waals surface area contributed by atoms with Crippen LogP contribution in [-0.2, 0) is 0 Å². The van der Waals surface area contributed by atoms with Gasteiger partial charge in [-0.15, -0.1) is 0 Å². The summed E-state index contributed by atoms with van der Waals surface area (Å²) in [5.41, 5.74) is 0.572. The van der Waals surface area contributed by atoms with Crippen molar-refractivity contribution in [3.8, 4) is 0 Å². The van der Waals surface area contributed by atoms with Crippen LogP contribution >= 0.6 is 23.4 Å². The predicted octanol–water partition coefficient (Wildman–Crippen LogP) is 4.68. The molecule has 1 N–H and O–H groups in total. The van der Waals surface area contributed by atoms with E-state index in [9.17, 15) is 9.50 Å². The van der Waals surface area contributed by atoms with Crippen LogP contribution in [0.25, 0.3) is 0 Å². The van der Waals surface area contributed by atoms with E-state index < -0.39 is 6.10 Å². The summed E-state index contributed by atoms with van der Waals surface area (Å²) in [4.78, 5) is 1.40. The summed E-state index contributed by atoms with van der Waals surface area (Å²) in [5.74, 6) is -0.335.